The fourth-order valence-corrected chi connectivity index (χ4v) is 7.81. The third-order valence-electron chi connectivity index (χ3n) is 10.3. The van der Waals surface area contributed by atoms with Gasteiger partial charge in [-0.1, -0.05) is 105 Å². The van der Waals surface area contributed by atoms with Crippen LogP contribution in [0.4, 0.5) is 5.69 Å². The maximum absolute atomic E-state index is 6.38. The van der Waals surface area contributed by atoms with Crippen LogP contribution in [0.5, 0.6) is 5.75 Å². The molecule has 7 aromatic carbocycles. The van der Waals surface area contributed by atoms with Gasteiger partial charge in [0, 0.05) is 16.5 Å². The molecule has 2 aliphatic rings. The molecule has 4 heteroatoms. The fraction of sp³-hybridized carbons (Fsp3) is 0.0889. The van der Waals surface area contributed by atoms with Crippen molar-refractivity contribution in [1.82, 2.24) is 4.98 Å². The Kier molecular flexibility index (Phi) is 5.95. The van der Waals surface area contributed by atoms with Crippen molar-refractivity contribution in [2.75, 3.05) is 5.32 Å². The average Bonchev–Trinajstić information content (AvgIpc) is 3.84. The Balaban J connectivity index is 1.09. The second kappa shape index (κ2) is 10.4. The summed E-state index contributed by atoms with van der Waals surface area (Å²) in [5.41, 5.74) is 14.4. The Morgan fingerprint density at radius 2 is 1.35 bits per heavy atom. The summed E-state index contributed by atoms with van der Waals surface area (Å²) in [4.78, 5) is 4.85. The highest BCUT2D eigenvalue weighted by atomic mass is 16.5. The molecule has 0 spiro atoms. The van der Waals surface area contributed by atoms with Crippen LogP contribution in [0.2, 0.25) is 0 Å². The lowest BCUT2D eigenvalue weighted by molar-refractivity contribution is 0.260. The molecule has 0 saturated heterocycles. The standard InChI is InChI=1S/C45H32N2O2/c1-45(2)36-20-19-30(26-35(36)42-34-13-4-3-10-27(34)18-21-37(42)45)28-11-9-12-29(22-28)31-23-32(43-46-38-14-5-7-16-40(38)48-43)25-33(24-31)44-47-39-15-6-8-17-41(39)49-44/h3-26,43,46H,1-2H3. The summed E-state index contributed by atoms with van der Waals surface area (Å²) in [6.45, 7) is 4.69. The van der Waals surface area contributed by atoms with Crippen LogP contribution in [0.3, 0.4) is 0 Å². The highest BCUT2D eigenvalue weighted by Crippen LogP contribution is 2.52. The number of oxazole rings is 1. The SMILES string of the molecule is CC1(C)c2ccc(-c3cccc(-c4cc(-c5nc6ccccc6o5)cc(C5Nc6ccccc6O5)c4)c3)cc2-c2c1ccc1ccccc21. The Morgan fingerprint density at radius 3 is 2.24 bits per heavy atom. The summed E-state index contributed by atoms with van der Waals surface area (Å²) in [5, 5.41) is 6.13. The van der Waals surface area contributed by atoms with Gasteiger partial charge in [0.25, 0.3) is 0 Å². The van der Waals surface area contributed by atoms with Gasteiger partial charge in [0.05, 0.1) is 5.69 Å². The summed E-state index contributed by atoms with van der Waals surface area (Å²) < 4.78 is 12.6. The molecule has 1 aliphatic heterocycles. The van der Waals surface area contributed by atoms with E-state index in [0.29, 0.717) is 5.89 Å². The number of rotatable bonds is 4. The highest BCUT2D eigenvalue weighted by molar-refractivity contribution is 6.03. The first-order chi connectivity index (χ1) is 24.0. The average molecular weight is 633 g/mol. The maximum atomic E-state index is 6.38. The van der Waals surface area contributed by atoms with Gasteiger partial charge in [-0.2, -0.15) is 0 Å². The van der Waals surface area contributed by atoms with Crippen molar-refractivity contribution in [3.05, 3.63) is 162 Å². The molecular weight excluding hydrogens is 601 g/mol. The highest BCUT2D eigenvalue weighted by Gasteiger charge is 2.36. The molecule has 234 valence electrons. The molecule has 8 aromatic rings. The number of hydrogen-bond acceptors (Lipinski definition) is 4. The molecule has 0 bridgehead atoms. The van der Waals surface area contributed by atoms with Crippen molar-refractivity contribution >= 4 is 27.6 Å². The van der Waals surface area contributed by atoms with Crippen molar-refractivity contribution in [3.63, 3.8) is 0 Å². The normalized spacial score (nSPS) is 15.4. The van der Waals surface area contributed by atoms with E-state index in [1.807, 2.05) is 48.5 Å². The summed E-state index contributed by atoms with van der Waals surface area (Å²) >= 11 is 0. The molecule has 0 amide bonds. The lowest BCUT2D eigenvalue weighted by atomic mass is 9.82. The van der Waals surface area contributed by atoms with Gasteiger partial charge >= 0.3 is 0 Å². The van der Waals surface area contributed by atoms with Gasteiger partial charge in [0.1, 0.15) is 11.3 Å². The molecule has 0 radical (unpaired) electrons. The number of para-hydroxylation sites is 4. The van der Waals surface area contributed by atoms with E-state index in [1.165, 1.54) is 44.2 Å². The zero-order valence-corrected chi connectivity index (χ0v) is 27.2. The predicted octanol–water partition coefficient (Wildman–Crippen LogP) is 11.8. The Labute approximate surface area is 284 Å². The number of aromatic nitrogens is 1. The van der Waals surface area contributed by atoms with E-state index in [2.05, 4.69) is 116 Å². The first-order valence-electron chi connectivity index (χ1n) is 16.8. The smallest absolute Gasteiger partial charge is 0.227 e. The zero-order valence-electron chi connectivity index (χ0n) is 27.2. The first kappa shape index (κ1) is 27.9. The minimum absolute atomic E-state index is 0.0629. The maximum Gasteiger partial charge on any atom is 0.227 e. The van der Waals surface area contributed by atoms with E-state index in [4.69, 9.17) is 14.1 Å². The summed E-state index contributed by atoms with van der Waals surface area (Å²) in [6.07, 6.45) is -0.335. The second-order valence-electron chi connectivity index (χ2n) is 13.6. The summed E-state index contributed by atoms with van der Waals surface area (Å²) in [7, 11) is 0. The quantitative estimate of drug-likeness (QED) is 0.210. The Bertz CT molecular complexity index is 2550. The molecule has 1 atom stereocenters. The van der Waals surface area contributed by atoms with E-state index in [-0.39, 0.29) is 11.6 Å². The van der Waals surface area contributed by atoms with Gasteiger partial charge in [-0.25, -0.2) is 4.98 Å². The van der Waals surface area contributed by atoms with Crippen LogP contribution < -0.4 is 10.1 Å². The van der Waals surface area contributed by atoms with E-state index in [0.717, 1.165) is 44.8 Å². The molecule has 0 fully saturated rings. The third-order valence-corrected chi connectivity index (χ3v) is 10.3. The van der Waals surface area contributed by atoms with Crippen LogP contribution in [0.1, 0.15) is 36.8 Å². The lowest BCUT2D eigenvalue weighted by Crippen LogP contribution is -2.14. The van der Waals surface area contributed by atoms with Gasteiger partial charge in [0.2, 0.25) is 5.89 Å². The van der Waals surface area contributed by atoms with Gasteiger partial charge in [0.15, 0.2) is 11.8 Å². The third kappa shape index (κ3) is 4.41. The fourth-order valence-electron chi connectivity index (χ4n) is 7.81. The number of ether oxygens (including phenoxy) is 1. The van der Waals surface area contributed by atoms with E-state index < -0.39 is 0 Å². The number of anilines is 1. The van der Waals surface area contributed by atoms with Crippen molar-refractivity contribution in [2.24, 2.45) is 0 Å². The number of benzene rings is 7. The molecule has 1 unspecified atom stereocenters. The van der Waals surface area contributed by atoms with Crippen molar-refractivity contribution in [2.45, 2.75) is 25.5 Å². The van der Waals surface area contributed by atoms with Gasteiger partial charge in [-0.15, -0.1) is 0 Å². The van der Waals surface area contributed by atoms with Crippen LogP contribution in [0.25, 0.3) is 66.7 Å². The largest absolute Gasteiger partial charge is 0.464 e. The topological polar surface area (TPSA) is 47.3 Å². The van der Waals surface area contributed by atoms with Gasteiger partial charge in [-0.05, 0) is 110 Å². The molecule has 10 rings (SSSR count). The second-order valence-corrected chi connectivity index (χ2v) is 13.6. The van der Waals surface area contributed by atoms with Crippen LogP contribution in [0, 0.1) is 0 Å². The van der Waals surface area contributed by atoms with Crippen LogP contribution in [-0.2, 0) is 5.41 Å². The number of fused-ring (bicyclic) bond motifs is 7. The van der Waals surface area contributed by atoms with Gasteiger partial charge < -0.3 is 14.5 Å². The first-order valence-corrected chi connectivity index (χ1v) is 16.8. The molecule has 2 heterocycles. The van der Waals surface area contributed by atoms with E-state index in [1.54, 1.807) is 0 Å². The van der Waals surface area contributed by atoms with Crippen LogP contribution in [-0.4, -0.2) is 4.98 Å². The van der Waals surface area contributed by atoms with Crippen LogP contribution >= 0.6 is 0 Å². The minimum atomic E-state index is -0.335. The zero-order chi connectivity index (χ0) is 32.7. The molecule has 1 N–H and O–H groups in total. The monoisotopic (exact) mass is 632 g/mol. The Morgan fingerprint density at radius 1 is 0.612 bits per heavy atom. The molecule has 1 aromatic heterocycles. The Hall–Kier alpha value is -6.13. The summed E-state index contributed by atoms with van der Waals surface area (Å²) in [5.74, 6) is 1.43. The van der Waals surface area contributed by atoms with Crippen molar-refractivity contribution < 1.29 is 9.15 Å². The molecule has 1 aliphatic carbocycles. The number of hydrogen-bond donors (Lipinski definition) is 1. The minimum Gasteiger partial charge on any atom is -0.464 e. The number of nitrogens with zero attached hydrogens (tertiary/aromatic N) is 1. The molecule has 4 nitrogen and oxygen atoms in total. The molecule has 0 saturated carbocycles. The van der Waals surface area contributed by atoms with Crippen molar-refractivity contribution in [3.8, 4) is 50.6 Å². The van der Waals surface area contributed by atoms with Crippen LogP contribution in [0.15, 0.2) is 150 Å². The molecular formula is C45H32N2O2. The lowest BCUT2D eigenvalue weighted by Gasteiger charge is -2.21. The van der Waals surface area contributed by atoms with Gasteiger partial charge in [-0.3, -0.25) is 0 Å². The van der Waals surface area contributed by atoms with E-state index >= 15 is 0 Å². The van der Waals surface area contributed by atoms with E-state index in [9.17, 15) is 0 Å². The summed E-state index contributed by atoms with van der Waals surface area (Å²) in [6, 6.07) is 51.6. The predicted molar refractivity (Wildman–Crippen MR) is 199 cm³/mol. The number of nitrogens with one attached hydrogen (secondary N) is 1. The van der Waals surface area contributed by atoms with Crippen molar-refractivity contribution in [1.29, 1.82) is 0 Å². The molecule has 49 heavy (non-hydrogen) atoms.